The summed E-state index contributed by atoms with van der Waals surface area (Å²) in [6, 6.07) is 0.416. The zero-order chi connectivity index (χ0) is 14.4. The molecular formula is C17H34N2O. The molecule has 1 saturated heterocycles. The summed E-state index contributed by atoms with van der Waals surface area (Å²) in [5, 5.41) is 13.3. The van der Waals surface area contributed by atoms with Crippen LogP contribution in [-0.4, -0.2) is 48.8 Å². The van der Waals surface area contributed by atoms with Crippen molar-refractivity contribution in [2.45, 2.75) is 64.8 Å². The fraction of sp³-hybridized carbons (Fsp3) is 1.00. The van der Waals surface area contributed by atoms with Gasteiger partial charge in [0.2, 0.25) is 0 Å². The Morgan fingerprint density at radius 1 is 1.25 bits per heavy atom. The number of likely N-dealkylation sites (tertiary alicyclic amines) is 1. The van der Waals surface area contributed by atoms with Gasteiger partial charge < -0.3 is 10.4 Å². The lowest BCUT2D eigenvalue weighted by Crippen LogP contribution is -2.52. The second kappa shape index (κ2) is 7.77. The third-order valence-corrected chi connectivity index (χ3v) is 5.43. The topological polar surface area (TPSA) is 35.5 Å². The summed E-state index contributed by atoms with van der Waals surface area (Å²) in [5.41, 5.74) is 0.443. The third kappa shape index (κ3) is 4.19. The van der Waals surface area contributed by atoms with Crippen LogP contribution in [0.5, 0.6) is 0 Å². The van der Waals surface area contributed by atoms with E-state index in [9.17, 15) is 5.11 Å². The molecule has 2 aliphatic rings. The summed E-state index contributed by atoms with van der Waals surface area (Å²) < 4.78 is 0. The van der Waals surface area contributed by atoms with Crippen molar-refractivity contribution in [1.29, 1.82) is 0 Å². The first-order valence-electron chi connectivity index (χ1n) is 8.75. The van der Waals surface area contributed by atoms with E-state index in [0.29, 0.717) is 18.1 Å². The minimum Gasteiger partial charge on any atom is -0.395 e. The normalized spacial score (nSPS) is 36.1. The first-order chi connectivity index (χ1) is 9.69. The fourth-order valence-electron chi connectivity index (χ4n) is 4.42. The van der Waals surface area contributed by atoms with E-state index in [2.05, 4.69) is 24.1 Å². The van der Waals surface area contributed by atoms with Gasteiger partial charge in [-0.15, -0.1) is 0 Å². The molecule has 0 aromatic rings. The van der Waals surface area contributed by atoms with E-state index in [1.165, 1.54) is 58.0 Å². The molecule has 1 aliphatic carbocycles. The van der Waals surface area contributed by atoms with Gasteiger partial charge in [0, 0.05) is 19.1 Å². The number of aliphatic hydroxyl groups is 1. The van der Waals surface area contributed by atoms with Gasteiger partial charge in [0.25, 0.3) is 0 Å². The van der Waals surface area contributed by atoms with Gasteiger partial charge in [0.1, 0.15) is 0 Å². The average molecular weight is 282 g/mol. The number of nitrogens with one attached hydrogen (secondary N) is 1. The molecule has 3 unspecified atom stereocenters. The second-order valence-corrected chi connectivity index (χ2v) is 7.28. The molecule has 20 heavy (non-hydrogen) atoms. The Labute approximate surface area is 125 Å². The smallest absolute Gasteiger partial charge is 0.0586 e. The Morgan fingerprint density at radius 3 is 2.80 bits per heavy atom. The fourth-order valence-corrected chi connectivity index (χ4v) is 4.42. The lowest BCUT2D eigenvalue weighted by atomic mass is 9.69. The van der Waals surface area contributed by atoms with Gasteiger partial charge in [-0.25, -0.2) is 0 Å². The summed E-state index contributed by atoms with van der Waals surface area (Å²) in [6.07, 6.45) is 9.28. The van der Waals surface area contributed by atoms with E-state index in [1.54, 1.807) is 0 Å². The highest BCUT2D eigenvalue weighted by Crippen LogP contribution is 2.40. The molecule has 0 bridgehead atoms. The standard InChI is InChI=1S/C17H34N2O/c1-3-18-13-17(9-6-7-15(2)11-17)14-19-10-5-4-8-16(19)12-20/h15-16,18,20H,3-14H2,1-2H3. The van der Waals surface area contributed by atoms with E-state index < -0.39 is 0 Å². The monoisotopic (exact) mass is 282 g/mol. The molecule has 3 heteroatoms. The molecule has 0 spiro atoms. The van der Waals surface area contributed by atoms with Crippen molar-refractivity contribution in [2.24, 2.45) is 11.3 Å². The van der Waals surface area contributed by atoms with Crippen molar-refractivity contribution in [3.8, 4) is 0 Å². The molecule has 2 N–H and O–H groups in total. The number of piperidine rings is 1. The van der Waals surface area contributed by atoms with Crippen molar-refractivity contribution >= 4 is 0 Å². The minimum atomic E-state index is 0.340. The average Bonchev–Trinajstić information content (AvgIpc) is 2.46. The third-order valence-electron chi connectivity index (χ3n) is 5.43. The van der Waals surface area contributed by atoms with Crippen molar-refractivity contribution in [3.05, 3.63) is 0 Å². The zero-order valence-corrected chi connectivity index (χ0v) is 13.5. The molecule has 3 atom stereocenters. The molecule has 0 radical (unpaired) electrons. The van der Waals surface area contributed by atoms with Crippen LogP contribution in [-0.2, 0) is 0 Å². The molecule has 3 nitrogen and oxygen atoms in total. The van der Waals surface area contributed by atoms with Crippen LogP contribution in [0.25, 0.3) is 0 Å². The predicted molar refractivity (Wildman–Crippen MR) is 84.9 cm³/mol. The zero-order valence-electron chi connectivity index (χ0n) is 13.5. The van der Waals surface area contributed by atoms with Gasteiger partial charge in [-0.1, -0.05) is 33.1 Å². The van der Waals surface area contributed by atoms with Crippen LogP contribution < -0.4 is 5.32 Å². The highest BCUT2D eigenvalue weighted by molar-refractivity contribution is 4.92. The quantitative estimate of drug-likeness (QED) is 0.786. The van der Waals surface area contributed by atoms with E-state index in [0.717, 1.165) is 19.0 Å². The number of hydrogen-bond donors (Lipinski definition) is 2. The minimum absolute atomic E-state index is 0.340. The molecule has 2 rings (SSSR count). The van der Waals surface area contributed by atoms with Crippen LogP contribution >= 0.6 is 0 Å². The van der Waals surface area contributed by atoms with E-state index in [1.807, 2.05) is 0 Å². The molecule has 2 fully saturated rings. The molecule has 0 aromatic carbocycles. The predicted octanol–water partition coefficient (Wildman–Crippen LogP) is 2.64. The van der Waals surface area contributed by atoms with Crippen LogP contribution in [0.2, 0.25) is 0 Å². The van der Waals surface area contributed by atoms with Gasteiger partial charge in [0.15, 0.2) is 0 Å². The maximum atomic E-state index is 9.65. The van der Waals surface area contributed by atoms with E-state index >= 15 is 0 Å². The van der Waals surface area contributed by atoms with Crippen molar-refractivity contribution in [3.63, 3.8) is 0 Å². The lowest BCUT2D eigenvalue weighted by Gasteiger charge is -2.46. The first kappa shape index (κ1) is 16.3. The Kier molecular flexibility index (Phi) is 6.31. The van der Waals surface area contributed by atoms with Gasteiger partial charge in [-0.05, 0) is 50.1 Å². The summed E-state index contributed by atoms with van der Waals surface area (Å²) >= 11 is 0. The molecule has 0 amide bonds. The largest absolute Gasteiger partial charge is 0.395 e. The van der Waals surface area contributed by atoms with Gasteiger partial charge >= 0.3 is 0 Å². The van der Waals surface area contributed by atoms with Crippen LogP contribution in [0, 0.1) is 11.3 Å². The Hall–Kier alpha value is -0.120. The number of hydrogen-bond acceptors (Lipinski definition) is 3. The second-order valence-electron chi connectivity index (χ2n) is 7.28. The van der Waals surface area contributed by atoms with Crippen molar-refractivity contribution in [1.82, 2.24) is 10.2 Å². The van der Waals surface area contributed by atoms with E-state index in [4.69, 9.17) is 0 Å². The summed E-state index contributed by atoms with van der Waals surface area (Å²) in [5.74, 6) is 0.861. The van der Waals surface area contributed by atoms with Crippen molar-refractivity contribution < 1.29 is 5.11 Å². The molecule has 1 saturated carbocycles. The van der Waals surface area contributed by atoms with Gasteiger partial charge in [0.05, 0.1) is 6.61 Å². The highest BCUT2D eigenvalue weighted by Gasteiger charge is 2.38. The molecule has 1 heterocycles. The Balaban J connectivity index is 2.01. The number of aliphatic hydroxyl groups excluding tert-OH is 1. The van der Waals surface area contributed by atoms with Gasteiger partial charge in [-0.3, -0.25) is 4.90 Å². The summed E-state index contributed by atoms with van der Waals surface area (Å²) in [7, 11) is 0. The van der Waals surface area contributed by atoms with Crippen LogP contribution in [0.4, 0.5) is 0 Å². The number of nitrogens with zero attached hydrogens (tertiary/aromatic N) is 1. The molecule has 118 valence electrons. The summed E-state index contributed by atoms with van der Waals surface area (Å²) in [6.45, 7) is 9.56. The maximum Gasteiger partial charge on any atom is 0.0586 e. The lowest BCUT2D eigenvalue weighted by molar-refractivity contribution is 0.0219. The van der Waals surface area contributed by atoms with Crippen molar-refractivity contribution in [2.75, 3.05) is 32.8 Å². The van der Waals surface area contributed by atoms with Crippen LogP contribution in [0.15, 0.2) is 0 Å². The molecule has 1 aliphatic heterocycles. The van der Waals surface area contributed by atoms with E-state index in [-0.39, 0.29) is 0 Å². The molecule has 0 aromatic heterocycles. The number of rotatable bonds is 6. The first-order valence-corrected chi connectivity index (χ1v) is 8.75. The Bertz CT molecular complexity index is 284. The summed E-state index contributed by atoms with van der Waals surface area (Å²) in [4.78, 5) is 2.60. The van der Waals surface area contributed by atoms with Crippen LogP contribution in [0.1, 0.15) is 58.8 Å². The highest BCUT2D eigenvalue weighted by atomic mass is 16.3. The SMILES string of the molecule is CCNCC1(CN2CCCCC2CO)CCCC(C)C1. The van der Waals surface area contributed by atoms with Crippen LogP contribution in [0.3, 0.4) is 0 Å². The maximum absolute atomic E-state index is 9.65. The Morgan fingerprint density at radius 2 is 2.10 bits per heavy atom. The van der Waals surface area contributed by atoms with Gasteiger partial charge in [-0.2, -0.15) is 0 Å². The molecular weight excluding hydrogens is 248 g/mol.